The monoisotopic (exact) mass is 446 g/mol. The van der Waals surface area contributed by atoms with Crippen LogP contribution >= 0.6 is 0 Å². The number of fused-ring (bicyclic) bond motifs is 2. The molecule has 2 amide bonds. The Morgan fingerprint density at radius 2 is 2.00 bits per heavy atom. The first-order valence-corrected chi connectivity index (χ1v) is 11.5. The molecular weight excluding hydrogens is 420 g/mol. The maximum atomic E-state index is 13.5. The molecule has 7 nitrogen and oxygen atoms in total. The van der Waals surface area contributed by atoms with Crippen molar-refractivity contribution >= 4 is 17.5 Å². The van der Waals surface area contributed by atoms with E-state index in [1.165, 1.54) is 5.56 Å². The molecule has 2 aromatic rings. The number of nitrogens with zero attached hydrogens (tertiary/aromatic N) is 1. The van der Waals surface area contributed by atoms with Gasteiger partial charge in [-0.2, -0.15) is 0 Å². The Bertz CT molecular complexity index is 1130. The van der Waals surface area contributed by atoms with Crippen molar-refractivity contribution in [1.82, 2.24) is 5.32 Å². The lowest BCUT2D eigenvalue weighted by molar-refractivity contribution is -0.132. The van der Waals surface area contributed by atoms with Gasteiger partial charge in [0.15, 0.2) is 11.5 Å². The summed E-state index contributed by atoms with van der Waals surface area (Å²) in [5.41, 5.74) is 1.21. The van der Waals surface area contributed by atoms with Gasteiger partial charge in [-0.15, -0.1) is 0 Å². The number of anilines is 1. The van der Waals surface area contributed by atoms with Gasteiger partial charge in [-0.05, 0) is 37.5 Å². The molecule has 0 aliphatic carbocycles. The van der Waals surface area contributed by atoms with Crippen LogP contribution in [0.4, 0.5) is 5.69 Å². The summed E-state index contributed by atoms with van der Waals surface area (Å²) in [6.07, 6.45) is 5.26. The van der Waals surface area contributed by atoms with Gasteiger partial charge in [0.25, 0.3) is 0 Å². The average Bonchev–Trinajstić information content (AvgIpc) is 3.58. The van der Waals surface area contributed by atoms with Crippen LogP contribution in [0.5, 0.6) is 11.5 Å². The van der Waals surface area contributed by atoms with Gasteiger partial charge in [-0.3, -0.25) is 9.59 Å². The molecule has 7 heteroatoms. The molecule has 1 spiro atoms. The molecule has 6 rings (SSSR count). The summed E-state index contributed by atoms with van der Waals surface area (Å²) in [4.78, 5) is 28.6. The number of rotatable bonds is 6. The van der Waals surface area contributed by atoms with E-state index in [0.717, 1.165) is 18.5 Å². The van der Waals surface area contributed by atoms with E-state index in [9.17, 15) is 9.59 Å². The number of hydrogen-bond acceptors (Lipinski definition) is 5. The molecule has 170 valence electrons. The third-order valence-corrected chi connectivity index (χ3v) is 7.17. The fourth-order valence-electron chi connectivity index (χ4n) is 5.51. The van der Waals surface area contributed by atoms with E-state index >= 15 is 0 Å². The fourth-order valence-corrected chi connectivity index (χ4v) is 5.51. The zero-order valence-electron chi connectivity index (χ0n) is 18.4. The molecule has 33 heavy (non-hydrogen) atoms. The van der Waals surface area contributed by atoms with E-state index in [4.69, 9.17) is 14.2 Å². The van der Waals surface area contributed by atoms with Gasteiger partial charge in [-0.1, -0.05) is 42.5 Å². The van der Waals surface area contributed by atoms with Crippen molar-refractivity contribution in [2.75, 3.05) is 18.2 Å². The van der Waals surface area contributed by atoms with Crippen molar-refractivity contribution in [2.45, 2.75) is 37.5 Å². The van der Waals surface area contributed by atoms with Gasteiger partial charge in [0, 0.05) is 17.8 Å². The second-order valence-electron chi connectivity index (χ2n) is 9.30. The minimum absolute atomic E-state index is 0.00164. The molecule has 2 fully saturated rings. The van der Waals surface area contributed by atoms with Crippen LogP contribution in [-0.4, -0.2) is 42.9 Å². The highest BCUT2D eigenvalue weighted by Gasteiger charge is 2.67. The summed E-state index contributed by atoms with van der Waals surface area (Å²) >= 11 is 0. The zero-order valence-corrected chi connectivity index (χ0v) is 18.4. The van der Waals surface area contributed by atoms with Crippen molar-refractivity contribution in [3.05, 3.63) is 66.2 Å². The molecule has 0 saturated carbocycles. The first kappa shape index (κ1) is 20.3. The van der Waals surface area contributed by atoms with Crippen LogP contribution in [0, 0.1) is 11.8 Å². The standard InChI is InChI=1S/C26H26N2O5/c1-16(7-8-17-5-3-2-4-6-17)27-24(29)22-20-11-12-26(33-20)14-28(25(30)23(22)26)18-9-10-19-21(13-18)32-15-31-19/h2-6,9-13,16,20,22-23H,7-8,14-15H2,1H3,(H,27,29)/t16-,20+,22+,23+,26+/m1/s1. The van der Waals surface area contributed by atoms with Gasteiger partial charge in [0.05, 0.1) is 24.5 Å². The van der Waals surface area contributed by atoms with E-state index in [-0.39, 0.29) is 30.8 Å². The van der Waals surface area contributed by atoms with Crippen molar-refractivity contribution in [3.8, 4) is 11.5 Å². The van der Waals surface area contributed by atoms with Crippen molar-refractivity contribution < 1.29 is 23.8 Å². The van der Waals surface area contributed by atoms with Crippen LogP contribution in [0.2, 0.25) is 0 Å². The van der Waals surface area contributed by atoms with Gasteiger partial charge in [0.2, 0.25) is 18.6 Å². The average molecular weight is 447 g/mol. The zero-order chi connectivity index (χ0) is 22.6. The SMILES string of the molecule is C[C@H](CCc1ccccc1)NC(=O)[C@H]1[C@@H]2C=C[C@@]3(CN(c4ccc5c(c4)OCO5)C(=O)[C@H]13)O2. The molecular formula is C26H26N2O5. The second kappa shape index (κ2) is 7.63. The van der Waals surface area contributed by atoms with Gasteiger partial charge in [-0.25, -0.2) is 0 Å². The summed E-state index contributed by atoms with van der Waals surface area (Å²) in [6, 6.07) is 15.7. The Morgan fingerprint density at radius 1 is 1.18 bits per heavy atom. The lowest BCUT2D eigenvalue weighted by Crippen LogP contribution is -2.46. The Labute approximate surface area is 192 Å². The highest BCUT2D eigenvalue weighted by Crippen LogP contribution is 2.53. The van der Waals surface area contributed by atoms with Crippen LogP contribution in [-0.2, 0) is 20.7 Å². The number of hydrogen-bond donors (Lipinski definition) is 1. The third-order valence-electron chi connectivity index (χ3n) is 7.17. The van der Waals surface area contributed by atoms with Gasteiger partial charge < -0.3 is 24.4 Å². The first-order valence-electron chi connectivity index (χ1n) is 11.5. The molecule has 2 bridgehead atoms. The minimum Gasteiger partial charge on any atom is -0.454 e. The minimum atomic E-state index is -0.757. The predicted molar refractivity (Wildman–Crippen MR) is 121 cm³/mol. The van der Waals surface area contributed by atoms with E-state index < -0.39 is 17.4 Å². The van der Waals surface area contributed by atoms with Gasteiger partial charge in [0.1, 0.15) is 5.60 Å². The molecule has 0 unspecified atom stereocenters. The lowest BCUT2D eigenvalue weighted by atomic mass is 9.76. The Kier molecular flexibility index (Phi) is 4.69. The number of nitrogens with one attached hydrogen (secondary N) is 1. The van der Waals surface area contributed by atoms with E-state index in [2.05, 4.69) is 17.4 Å². The Morgan fingerprint density at radius 3 is 2.85 bits per heavy atom. The van der Waals surface area contributed by atoms with E-state index in [0.29, 0.717) is 18.0 Å². The number of benzene rings is 2. The number of carbonyl (C=O) groups is 2. The maximum Gasteiger partial charge on any atom is 0.234 e. The van der Waals surface area contributed by atoms with Crippen molar-refractivity contribution in [2.24, 2.45) is 11.8 Å². The van der Waals surface area contributed by atoms with Crippen molar-refractivity contribution in [3.63, 3.8) is 0 Å². The predicted octanol–water partition coefficient (Wildman–Crippen LogP) is 2.84. The summed E-state index contributed by atoms with van der Waals surface area (Å²) < 4.78 is 17.1. The third kappa shape index (κ3) is 3.30. The van der Waals surface area contributed by atoms with Gasteiger partial charge >= 0.3 is 0 Å². The molecule has 0 radical (unpaired) electrons. The maximum absolute atomic E-state index is 13.5. The molecule has 2 saturated heterocycles. The number of amides is 2. The Hall–Kier alpha value is -3.32. The first-order chi connectivity index (χ1) is 16.0. The smallest absolute Gasteiger partial charge is 0.234 e. The highest BCUT2D eigenvalue weighted by atomic mass is 16.7. The number of aryl methyl sites for hydroxylation is 1. The molecule has 4 aliphatic rings. The molecule has 5 atom stereocenters. The molecule has 4 heterocycles. The van der Waals surface area contributed by atoms with Crippen LogP contribution < -0.4 is 19.7 Å². The molecule has 2 aromatic carbocycles. The second-order valence-corrected chi connectivity index (χ2v) is 9.30. The summed E-state index contributed by atoms with van der Waals surface area (Å²) in [7, 11) is 0. The van der Waals surface area contributed by atoms with Crippen LogP contribution in [0.15, 0.2) is 60.7 Å². The van der Waals surface area contributed by atoms with Crippen LogP contribution in [0.3, 0.4) is 0 Å². The normalized spacial score (nSPS) is 29.4. The summed E-state index contributed by atoms with van der Waals surface area (Å²) in [5, 5.41) is 3.14. The van der Waals surface area contributed by atoms with Crippen molar-refractivity contribution in [1.29, 1.82) is 0 Å². The quantitative estimate of drug-likeness (QED) is 0.691. The van der Waals surface area contributed by atoms with Crippen LogP contribution in [0.25, 0.3) is 0 Å². The Balaban J connectivity index is 1.17. The fraction of sp³-hybridized carbons (Fsp3) is 0.385. The summed E-state index contributed by atoms with van der Waals surface area (Å²) in [5.74, 6) is 0.0372. The molecule has 1 N–H and O–H groups in total. The van der Waals surface area contributed by atoms with E-state index in [1.54, 1.807) is 4.90 Å². The van der Waals surface area contributed by atoms with E-state index in [1.807, 2.05) is 55.5 Å². The topological polar surface area (TPSA) is 77.1 Å². The largest absolute Gasteiger partial charge is 0.454 e. The van der Waals surface area contributed by atoms with Crippen LogP contribution in [0.1, 0.15) is 18.9 Å². The highest BCUT2D eigenvalue weighted by molar-refractivity contribution is 6.03. The molecule has 4 aliphatic heterocycles. The summed E-state index contributed by atoms with van der Waals surface area (Å²) in [6.45, 7) is 2.57. The number of carbonyl (C=O) groups excluding carboxylic acids is 2. The number of ether oxygens (including phenoxy) is 3. The lowest BCUT2D eigenvalue weighted by Gasteiger charge is -2.25. The molecule has 0 aromatic heterocycles.